The Bertz CT molecular complexity index is 1810. The maximum absolute atomic E-state index is 11.6. The van der Waals surface area contributed by atoms with Crippen LogP contribution in [-0.4, -0.2) is 75.1 Å². The quantitative estimate of drug-likeness (QED) is 0.169. The average Bonchev–Trinajstić information content (AvgIpc) is 3.79. The standard InChI is InChI=1S/C35H44N8O5S/c1-21(2)30(33(44)45)26-18-29(41-47-26)46-16-6-5-13-42-14-8-15-43(22(3)20-42)34-38-12-10-24(39-34)25-17-28(48-40-25)35(4)11-7-9-27-31(35)23(19-36)32(37)49-27/h10,12,17-18,21-22,30H,5-9,11,13-16,20,37H2,1-4H3,(H,44,45)/t22-,30?,35+/m0/s1. The van der Waals surface area contributed by atoms with Crippen molar-refractivity contribution in [2.45, 2.75) is 83.6 Å². The highest BCUT2D eigenvalue weighted by atomic mass is 32.1. The monoisotopic (exact) mass is 688 g/mol. The number of aliphatic carboxylic acids is 1. The number of aryl methyl sites for hydroxylation is 1. The molecule has 1 unspecified atom stereocenters. The minimum atomic E-state index is -0.934. The van der Waals surface area contributed by atoms with Gasteiger partial charge in [-0.1, -0.05) is 19.0 Å². The van der Waals surface area contributed by atoms with Crippen molar-refractivity contribution in [1.29, 1.82) is 5.26 Å². The van der Waals surface area contributed by atoms with Gasteiger partial charge in [0.05, 0.1) is 23.3 Å². The van der Waals surface area contributed by atoms with Gasteiger partial charge in [0.2, 0.25) is 5.95 Å². The van der Waals surface area contributed by atoms with Crippen LogP contribution in [0.15, 0.2) is 33.4 Å². The van der Waals surface area contributed by atoms with Crippen molar-refractivity contribution < 1.29 is 23.7 Å². The minimum Gasteiger partial charge on any atom is -0.481 e. The fourth-order valence-electron chi connectivity index (χ4n) is 7.21. The van der Waals surface area contributed by atoms with Crippen LogP contribution in [0.25, 0.3) is 11.4 Å². The number of ether oxygens (including phenoxy) is 1. The van der Waals surface area contributed by atoms with E-state index in [-0.39, 0.29) is 12.0 Å². The second-order valence-electron chi connectivity index (χ2n) is 13.6. The van der Waals surface area contributed by atoms with E-state index < -0.39 is 17.3 Å². The summed E-state index contributed by atoms with van der Waals surface area (Å²) < 4.78 is 17.0. The zero-order chi connectivity index (χ0) is 34.7. The first kappa shape index (κ1) is 34.4. The van der Waals surface area contributed by atoms with Crippen molar-refractivity contribution in [3.63, 3.8) is 0 Å². The molecule has 3 atom stereocenters. The van der Waals surface area contributed by atoms with E-state index in [4.69, 9.17) is 24.5 Å². The molecule has 13 nitrogen and oxygen atoms in total. The third-order valence-electron chi connectivity index (χ3n) is 9.76. The van der Waals surface area contributed by atoms with Gasteiger partial charge in [-0.25, -0.2) is 9.97 Å². The largest absolute Gasteiger partial charge is 0.481 e. The van der Waals surface area contributed by atoms with Gasteiger partial charge in [0.15, 0.2) is 5.76 Å². The van der Waals surface area contributed by atoms with Crippen LogP contribution in [0.1, 0.15) is 93.2 Å². The number of carbonyl (C=O) groups is 1. The van der Waals surface area contributed by atoms with Gasteiger partial charge in [-0.15, -0.1) is 11.3 Å². The number of nitrogens with two attached hydrogens (primary N) is 1. The maximum atomic E-state index is 11.6. The molecule has 4 aromatic heterocycles. The number of hydrogen-bond donors (Lipinski definition) is 2. The summed E-state index contributed by atoms with van der Waals surface area (Å²) in [5, 5.41) is 28.2. The number of nitriles is 1. The molecule has 0 aromatic carbocycles. The van der Waals surface area contributed by atoms with E-state index in [1.165, 1.54) is 11.3 Å². The van der Waals surface area contributed by atoms with Gasteiger partial charge in [0.25, 0.3) is 5.88 Å². The molecular formula is C35H44N8O5S. The predicted octanol–water partition coefficient (Wildman–Crippen LogP) is 5.86. The van der Waals surface area contributed by atoms with Gasteiger partial charge in [-0.05, 0) is 88.2 Å². The molecule has 14 heteroatoms. The molecule has 4 aromatic rings. The number of thiophene rings is 1. The van der Waals surface area contributed by atoms with Crippen molar-refractivity contribution in [1.82, 2.24) is 25.2 Å². The summed E-state index contributed by atoms with van der Waals surface area (Å²) in [5.74, 6) is 0.220. The van der Waals surface area contributed by atoms with Gasteiger partial charge in [0, 0.05) is 42.3 Å². The Labute approximate surface area is 290 Å². The molecule has 1 saturated heterocycles. The Balaban J connectivity index is 1.04. The molecule has 5 heterocycles. The summed E-state index contributed by atoms with van der Waals surface area (Å²) in [6.07, 6.45) is 7.30. The summed E-state index contributed by atoms with van der Waals surface area (Å²) in [4.78, 5) is 27.0. The molecule has 0 radical (unpaired) electrons. The second-order valence-corrected chi connectivity index (χ2v) is 14.8. The van der Waals surface area contributed by atoms with Gasteiger partial charge < -0.3 is 34.4 Å². The van der Waals surface area contributed by atoms with E-state index in [0.717, 1.165) is 75.1 Å². The SMILES string of the molecule is CC(C)C(C(=O)O)c1cc(OCCCCN2CCCN(c3nccc(-c4cc([C@@]5(C)CCCc6sc(N)c(C#N)c65)on4)n3)[C@@H](C)C2)no1. The predicted molar refractivity (Wildman–Crippen MR) is 185 cm³/mol. The Morgan fingerprint density at radius 3 is 2.84 bits per heavy atom. The lowest BCUT2D eigenvalue weighted by atomic mass is 9.71. The number of aromatic nitrogens is 4. The van der Waals surface area contributed by atoms with Crippen LogP contribution in [-0.2, 0) is 16.6 Å². The number of unbranched alkanes of at least 4 members (excludes halogenated alkanes) is 1. The van der Waals surface area contributed by atoms with Crippen molar-refractivity contribution in [2.75, 3.05) is 43.4 Å². The van der Waals surface area contributed by atoms with Crippen LogP contribution in [0.5, 0.6) is 5.88 Å². The van der Waals surface area contributed by atoms with Gasteiger partial charge >= 0.3 is 5.97 Å². The van der Waals surface area contributed by atoms with Crippen molar-refractivity contribution in [3.05, 3.63) is 51.9 Å². The minimum absolute atomic E-state index is 0.116. The first-order chi connectivity index (χ1) is 23.6. The molecule has 260 valence electrons. The number of nitrogen functional groups attached to an aromatic ring is 1. The normalized spacial score (nSPS) is 20.5. The van der Waals surface area contributed by atoms with Crippen LogP contribution < -0.4 is 15.4 Å². The van der Waals surface area contributed by atoms with E-state index in [1.807, 2.05) is 26.0 Å². The summed E-state index contributed by atoms with van der Waals surface area (Å²) in [7, 11) is 0. The van der Waals surface area contributed by atoms with Gasteiger partial charge in [0.1, 0.15) is 28.4 Å². The summed E-state index contributed by atoms with van der Waals surface area (Å²) in [6.45, 7) is 12.1. The van der Waals surface area contributed by atoms with Crippen LogP contribution >= 0.6 is 11.3 Å². The molecule has 6 rings (SSSR count). The zero-order valence-corrected chi connectivity index (χ0v) is 29.3. The fourth-order valence-corrected chi connectivity index (χ4v) is 8.40. The van der Waals surface area contributed by atoms with Crippen molar-refractivity contribution in [2.24, 2.45) is 5.92 Å². The highest BCUT2D eigenvalue weighted by Gasteiger charge is 2.41. The number of nitrogens with zero attached hydrogens (tertiary/aromatic N) is 7. The molecule has 0 spiro atoms. The molecule has 1 fully saturated rings. The number of hydrogen-bond acceptors (Lipinski definition) is 13. The summed E-state index contributed by atoms with van der Waals surface area (Å²) >= 11 is 1.51. The van der Waals surface area contributed by atoms with E-state index >= 15 is 0 Å². The van der Waals surface area contributed by atoms with Crippen LogP contribution in [0.3, 0.4) is 0 Å². The zero-order valence-electron chi connectivity index (χ0n) is 28.5. The Kier molecular flexibility index (Phi) is 10.2. The van der Waals surface area contributed by atoms with Crippen LogP contribution in [0.2, 0.25) is 0 Å². The molecule has 0 saturated carbocycles. The number of rotatable bonds is 12. The third-order valence-corrected chi connectivity index (χ3v) is 10.8. The molecule has 0 bridgehead atoms. The summed E-state index contributed by atoms with van der Waals surface area (Å²) in [5.41, 5.74) is 8.61. The van der Waals surface area contributed by atoms with E-state index in [0.29, 0.717) is 51.9 Å². The lowest BCUT2D eigenvalue weighted by Crippen LogP contribution is -2.40. The second kappa shape index (κ2) is 14.6. The smallest absolute Gasteiger partial charge is 0.314 e. The first-order valence-corrected chi connectivity index (χ1v) is 17.8. The highest BCUT2D eigenvalue weighted by Crippen LogP contribution is 2.49. The number of fused-ring (bicyclic) bond motifs is 1. The number of carboxylic acid groups (broad SMARTS) is 1. The Morgan fingerprint density at radius 1 is 1.22 bits per heavy atom. The molecular weight excluding hydrogens is 645 g/mol. The number of carboxylic acids is 1. The molecule has 3 N–H and O–H groups in total. The lowest BCUT2D eigenvalue weighted by molar-refractivity contribution is -0.140. The van der Waals surface area contributed by atoms with E-state index in [1.54, 1.807) is 12.3 Å². The van der Waals surface area contributed by atoms with E-state index in [9.17, 15) is 15.2 Å². The van der Waals surface area contributed by atoms with Crippen molar-refractivity contribution in [3.8, 4) is 23.3 Å². The molecule has 1 aliphatic heterocycles. The third kappa shape index (κ3) is 7.14. The topological polar surface area (TPSA) is 181 Å². The fraction of sp³-hybridized carbons (Fsp3) is 0.543. The first-order valence-electron chi connectivity index (χ1n) is 17.0. The molecule has 49 heavy (non-hydrogen) atoms. The molecule has 2 aliphatic rings. The lowest BCUT2D eigenvalue weighted by Gasteiger charge is -2.31. The highest BCUT2D eigenvalue weighted by molar-refractivity contribution is 7.16. The van der Waals surface area contributed by atoms with E-state index in [2.05, 4.69) is 45.0 Å². The van der Waals surface area contributed by atoms with Gasteiger partial charge in [-0.2, -0.15) is 5.26 Å². The van der Waals surface area contributed by atoms with Crippen LogP contribution in [0.4, 0.5) is 10.9 Å². The Morgan fingerprint density at radius 2 is 2.06 bits per heavy atom. The van der Waals surface area contributed by atoms with Gasteiger partial charge in [-0.3, -0.25) is 4.79 Å². The van der Waals surface area contributed by atoms with Crippen molar-refractivity contribution >= 4 is 28.3 Å². The van der Waals surface area contributed by atoms with Crippen LogP contribution in [0, 0.1) is 17.2 Å². The summed E-state index contributed by atoms with van der Waals surface area (Å²) in [6, 6.07) is 7.92. The average molecular weight is 689 g/mol. The molecule has 1 aliphatic carbocycles. The molecule has 0 amide bonds. The Hall–Kier alpha value is -4.48. The maximum Gasteiger partial charge on any atom is 0.314 e. The number of anilines is 2.